The third-order valence-electron chi connectivity index (χ3n) is 3.37. The van der Waals surface area contributed by atoms with Crippen molar-refractivity contribution in [2.24, 2.45) is 0 Å². The van der Waals surface area contributed by atoms with E-state index in [0.717, 1.165) is 0 Å². The number of aliphatic hydroxyl groups is 5. The Bertz CT molecular complexity index is 607. The van der Waals surface area contributed by atoms with Crippen LogP contribution in [-0.4, -0.2) is 56.4 Å². The number of hydrogen-bond donors (Lipinski definition) is 5. The van der Waals surface area contributed by atoms with Crippen LogP contribution in [0.5, 0.6) is 11.5 Å². The molecule has 2 aromatic carbocycles. The lowest BCUT2D eigenvalue weighted by atomic mass is 10.0. The summed E-state index contributed by atoms with van der Waals surface area (Å²) >= 11 is 0. The molecule has 0 amide bonds. The average Bonchev–Trinajstić information content (AvgIpc) is 2.61. The average molecular weight is 336 g/mol. The summed E-state index contributed by atoms with van der Waals surface area (Å²) < 4.78 is 10.4. The van der Waals surface area contributed by atoms with Gasteiger partial charge in [-0.2, -0.15) is 0 Å². The Labute approximate surface area is 139 Å². The van der Waals surface area contributed by atoms with E-state index in [0.29, 0.717) is 0 Å². The molecule has 7 heteroatoms. The van der Waals surface area contributed by atoms with E-state index in [9.17, 15) is 20.4 Å². The van der Waals surface area contributed by atoms with E-state index in [4.69, 9.17) is 14.6 Å². The summed E-state index contributed by atoms with van der Waals surface area (Å²) in [7, 11) is 0. The van der Waals surface area contributed by atoms with Crippen LogP contribution in [0.2, 0.25) is 0 Å². The Balaban J connectivity index is 2.19. The zero-order chi connectivity index (χ0) is 17.6. The smallest absolute Gasteiger partial charge is 0.268 e. The highest BCUT2D eigenvalue weighted by Crippen LogP contribution is 2.25. The van der Waals surface area contributed by atoms with Crippen molar-refractivity contribution in [3.05, 3.63) is 60.7 Å². The first-order chi connectivity index (χ1) is 11.5. The summed E-state index contributed by atoms with van der Waals surface area (Å²) in [4.78, 5) is 0. The lowest BCUT2D eigenvalue weighted by molar-refractivity contribution is -0.299. The van der Waals surface area contributed by atoms with Gasteiger partial charge >= 0.3 is 0 Å². The highest BCUT2D eigenvalue weighted by molar-refractivity contribution is 5.23. The number of aliphatic hydroxyl groups excluding tert-OH is 4. The number of para-hydroxylation sites is 2. The van der Waals surface area contributed by atoms with E-state index in [-0.39, 0.29) is 11.5 Å². The molecule has 0 aliphatic heterocycles. The van der Waals surface area contributed by atoms with Gasteiger partial charge < -0.3 is 35.0 Å². The van der Waals surface area contributed by atoms with Crippen LogP contribution in [0.3, 0.4) is 0 Å². The summed E-state index contributed by atoms with van der Waals surface area (Å²) in [6, 6.07) is 16.0. The van der Waals surface area contributed by atoms with Crippen molar-refractivity contribution in [2.45, 2.75) is 24.3 Å². The van der Waals surface area contributed by atoms with Gasteiger partial charge in [-0.15, -0.1) is 0 Å². The van der Waals surface area contributed by atoms with Crippen LogP contribution in [0.4, 0.5) is 0 Å². The Morgan fingerprint density at radius 2 is 1.33 bits per heavy atom. The fraction of sp³-hybridized carbons (Fsp3) is 0.294. The maximum absolute atomic E-state index is 10.5. The van der Waals surface area contributed by atoms with E-state index in [1.165, 1.54) is 24.3 Å². The summed E-state index contributed by atoms with van der Waals surface area (Å²) in [5.74, 6) is -2.33. The van der Waals surface area contributed by atoms with Crippen molar-refractivity contribution in [1.29, 1.82) is 0 Å². The predicted molar refractivity (Wildman–Crippen MR) is 84.2 cm³/mol. The molecule has 0 bridgehead atoms. The topological polar surface area (TPSA) is 120 Å². The minimum atomic E-state index is -2.69. The normalized spacial score (nSPS) is 17.4. The molecule has 0 saturated carbocycles. The largest absolute Gasteiger partial charge is 0.462 e. The fourth-order valence-electron chi connectivity index (χ4n) is 2.04. The van der Waals surface area contributed by atoms with E-state index in [1.807, 2.05) is 0 Å². The quantitative estimate of drug-likeness (QED) is 0.426. The van der Waals surface area contributed by atoms with Crippen LogP contribution in [-0.2, 0) is 0 Å². The van der Waals surface area contributed by atoms with Crippen molar-refractivity contribution in [3.63, 3.8) is 0 Å². The van der Waals surface area contributed by atoms with Gasteiger partial charge in [0.1, 0.15) is 17.6 Å². The minimum Gasteiger partial charge on any atom is -0.462 e. The van der Waals surface area contributed by atoms with Gasteiger partial charge in [0.25, 0.3) is 5.79 Å². The van der Waals surface area contributed by atoms with E-state index < -0.39 is 30.9 Å². The second-order valence-corrected chi connectivity index (χ2v) is 5.13. The van der Waals surface area contributed by atoms with Gasteiger partial charge in [-0.05, 0) is 24.3 Å². The summed E-state index contributed by atoms with van der Waals surface area (Å²) in [6.07, 6.45) is -5.87. The molecule has 0 radical (unpaired) electrons. The Hall–Kier alpha value is -2.16. The highest BCUT2D eigenvalue weighted by Gasteiger charge is 2.49. The van der Waals surface area contributed by atoms with E-state index in [1.54, 1.807) is 36.4 Å². The second-order valence-electron chi connectivity index (χ2n) is 5.13. The van der Waals surface area contributed by atoms with Gasteiger partial charge in [-0.25, -0.2) is 0 Å². The molecule has 0 spiro atoms. The maximum atomic E-state index is 10.5. The molecule has 24 heavy (non-hydrogen) atoms. The van der Waals surface area contributed by atoms with Crippen molar-refractivity contribution in [2.75, 3.05) is 6.61 Å². The van der Waals surface area contributed by atoms with Gasteiger partial charge in [0, 0.05) is 0 Å². The fourth-order valence-corrected chi connectivity index (χ4v) is 2.04. The molecule has 0 aromatic heterocycles. The Morgan fingerprint density at radius 1 is 0.833 bits per heavy atom. The summed E-state index contributed by atoms with van der Waals surface area (Å²) in [5.41, 5.74) is 0. The zero-order valence-corrected chi connectivity index (χ0v) is 12.8. The summed E-state index contributed by atoms with van der Waals surface area (Å²) in [5, 5.41) is 49.8. The molecule has 1 unspecified atom stereocenters. The Kier molecular flexibility index (Phi) is 6.13. The van der Waals surface area contributed by atoms with Gasteiger partial charge in [-0.1, -0.05) is 36.4 Å². The van der Waals surface area contributed by atoms with Gasteiger partial charge in [0.15, 0.2) is 6.10 Å². The molecule has 0 aliphatic carbocycles. The molecule has 0 heterocycles. The third-order valence-corrected chi connectivity index (χ3v) is 3.37. The lowest BCUT2D eigenvalue weighted by Crippen LogP contribution is -2.62. The first-order valence-electron chi connectivity index (χ1n) is 7.30. The molecule has 0 aliphatic rings. The molecular formula is C17H20O7. The molecule has 130 valence electrons. The van der Waals surface area contributed by atoms with E-state index >= 15 is 0 Å². The molecule has 4 atom stereocenters. The SMILES string of the molecule is OC[C@H](O)[C@@](O)(Oc1ccccc1)[C@@H](O)C(O)Oc1ccccc1. The van der Waals surface area contributed by atoms with Crippen LogP contribution in [0.15, 0.2) is 60.7 Å². The van der Waals surface area contributed by atoms with Crippen LogP contribution in [0.25, 0.3) is 0 Å². The first-order valence-corrected chi connectivity index (χ1v) is 7.30. The number of benzene rings is 2. The molecular weight excluding hydrogens is 316 g/mol. The van der Waals surface area contributed by atoms with Crippen LogP contribution in [0.1, 0.15) is 0 Å². The monoisotopic (exact) mass is 336 g/mol. The van der Waals surface area contributed by atoms with Crippen molar-refractivity contribution < 1.29 is 35.0 Å². The van der Waals surface area contributed by atoms with Crippen LogP contribution < -0.4 is 9.47 Å². The molecule has 2 aromatic rings. The first kappa shape index (κ1) is 18.2. The molecule has 2 rings (SSSR count). The lowest BCUT2D eigenvalue weighted by Gasteiger charge is -2.37. The molecule has 7 nitrogen and oxygen atoms in total. The third kappa shape index (κ3) is 4.22. The van der Waals surface area contributed by atoms with Gasteiger partial charge in [-0.3, -0.25) is 0 Å². The molecule has 0 fully saturated rings. The van der Waals surface area contributed by atoms with Gasteiger partial charge in [0.05, 0.1) is 6.61 Å². The number of hydrogen-bond acceptors (Lipinski definition) is 7. The maximum Gasteiger partial charge on any atom is 0.268 e. The highest BCUT2D eigenvalue weighted by atomic mass is 16.7. The van der Waals surface area contributed by atoms with Crippen LogP contribution in [0, 0.1) is 0 Å². The van der Waals surface area contributed by atoms with Crippen molar-refractivity contribution >= 4 is 0 Å². The van der Waals surface area contributed by atoms with Crippen LogP contribution >= 0.6 is 0 Å². The number of ether oxygens (including phenoxy) is 2. The Morgan fingerprint density at radius 3 is 1.83 bits per heavy atom. The predicted octanol–water partition coefficient (Wildman–Crippen LogP) is -0.135. The van der Waals surface area contributed by atoms with E-state index in [2.05, 4.69) is 0 Å². The molecule has 5 N–H and O–H groups in total. The summed E-state index contributed by atoms with van der Waals surface area (Å²) in [6.45, 7) is -0.904. The van der Waals surface area contributed by atoms with Gasteiger partial charge in [0.2, 0.25) is 6.29 Å². The van der Waals surface area contributed by atoms with Crippen molar-refractivity contribution in [3.8, 4) is 11.5 Å². The zero-order valence-electron chi connectivity index (χ0n) is 12.8. The number of rotatable bonds is 8. The van der Waals surface area contributed by atoms with Crippen molar-refractivity contribution in [1.82, 2.24) is 0 Å². The standard InChI is InChI=1S/C17H20O7/c18-11-14(19)17(22,24-13-9-5-2-6-10-13)15(20)16(21)23-12-7-3-1-4-8-12/h1-10,14-16,18-22H,11H2/t14-,15-,16?,17+/m0/s1. The second kappa shape index (κ2) is 8.09. The minimum absolute atomic E-state index is 0.124. The molecule has 0 saturated heterocycles.